The molecule has 0 aliphatic carbocycles. The maximum atomic E-state index is 11.8. The zero-order valence-corrected chi connectivity index (χ0v) is 18.0. The molecule has 0 radical (unpaired) electrons. The molecule has 28 heavy (non-hydrogen) atoms. The molecule has 1 unspecified atom stereocenters. The van der Waals surface area contributed by atoms with Gasteiger partial charge in [0.2, 0.25) is 5.91 Å². The normalized spacial score (nSPS) is 17.5. The smallest absolute Gasteiger partial charge is 0.322 e. The van der Waals surface area contributed by atoms with Crippen molar-refractivity contribution in [1.82, 2.24) is 10.2 Å². The van der Waals surface area contributed by atoms with Crippen LogP contribution in [0.3, 0.4) is 0 Å². The third-order valence-electron chi connectivity index (χ3n) is 5.49. The van der Waals surface area contributed by atoms with Crippen molar-refractivity contribution < 1.29 is 14.7 Å². The van der Waals surface area contributed by atoms with E-state index in [-0.39, 0.29) is 12.5 Å². The minimum absolute atomic E-state index is 0.0187. The van der Waals surface area contributed by atoms with Crippen LogP contribution in [0.5, 0.6) is 0 Å². The summed E-state index contributed by atoms with van der Waals surface area (Å²) in [5, 5.41) is 11.8. The highest BCUT2D eigenvalue weighted by atomic mass is 16.4. The van der Waals surface area contributed by atoms with Gasteiger partial charge in [-0.2, -0.15) is 0 Å². The lowest BCUT2D eigenvalue weighted by molar-refractivity contribution is -0.144. The Morgan fingerprint density at radius 1 is 0.964 bits per heavy atom. The molecule has 1 fully saturated rings. The molecule has 1 atom stereocenters. The molecule has 1 rings (SSSR count). The van der Waals surface area contributed by atoms with E-state index in [0.717, 1.165) is 12.8 Å². The molecular formula is C23H42N2O3. The van der Waals surface area contributed by atoms with Gasteiger partial charge >= 0.3 is 5.97 Å². The Morgan fingerprint density at radius 2 is 1.50 bits per heavy atom. The first kappa shape index (κ1) is 24.7. The molecule has 2 N–H and O–H groups in total. The molecule has 0 bridgehead atoms. The lowest BCUT2D eigenvalue weighted by Crippen LogP contribution is -2.57. The highest BCUT2D eigenvalue weighted by Gasteiger charge is 2.28. The SMILES string of the molecule is CCCCCCCCC=CCCCCCCCCN1CC(C(=O)O)NCC1=O. The molecule has 5 nitrogen and oxygen atoms in total. The standard InChI is InChI=1S/C23H42N2O3/c1-2-3-4-5-6-7-8-9-10-11-12-13-14-15-16-17-18-25-20-21(23(27)28)24-19-22(25)26/h9-10,21,24H,2-8,11-20H2,1H3,(H,27,28). The van der Waals surface area contributed by atoms with Crippen molar-refractivity contribution in [2.45, 2.75) is 103 Å². The summed E-state index contributed by atoms with van der Waals surface area (Å²) in [6.07, 6.45) is 22.4. The van der Waals surface area contributed by atoms with E-state index in [1.165, 1.54) is 77.0 Å². The molecule has 1 saturated heterocycles. The van der Waals surface area contributed by atoms with E-state index < -0.39 is 12.0 Å². The van der Waals surface area contributed by atoms with Gasteiger partial charge in [0, 0.05) is 13.1 Å². The van der Waals surface area contributed by atoms with Crippen molar-refractivity contribution in [1.29, 1.82) is 0 Å². The Bertz CT molecular complexity index is 451. The number of hydrogen-bond donors (Lipinski definition) is 2. The largest absolute Gasteiger partial charge is 0.480 e. The number of hydrogen-bond acceptors (Lipinski definition) is 3. The molecule has 1 heterocycles. The summed E-state index contributed by atoms with van der Waals surface area (Å²) >= 11 is 0. The highest BCUT2D eigenvalue weighted by molar-refractivity contribution is 5.83. The van der Waals surface area contributed by atoms with Crippen LogP contribution in [0, 0.1) is 0 Å². The van der Waals surface area contributed by atoms with Crippen molar-refractivity contribution in [3.05, 3.63) is 12.2 Å². The second-order valence-electron chi connectivity index (χ2n) is 8.05. The van der Waals surface area contributed by atoms with Crippen LogP contribution >= 0.6 is 0 Å². The number of rotatable bonds is 17. The molecule has 1 amide bonds. The fourth-order valence-electron chi connectivity index (χ4n) is 3.64. The van der Waals surface area contributed by atoms with Crippen molar-refractivity contribution in [2.24, 2.45) is 0 Å². The van der Waals surface area contributed by atoms with Gasteiger partial charge in [0.05, 0.1) is 6.54 Å². The number of nitrogens with zero attached hydrogens (tertiary/aromatic N) is 1. The molecule has 1 aliphatic rings. The van der Waals surface area contributed by atoms with Gasteiger partial charge in [0.25, 0.3) is 0 Å². The third-order valence-corrected chi connectivity index (χ3v) is 5.49. The van der Waals surface area contributed by atoms with Crippen molar-refractivity contribution in [3.8, 4) is 0 Å². The minimum Gasteiger partial charge on any atom is -0.480 e. The van der Waals surface area contributed by atoms with Crippen LogP contribution in [0.2, 0.25) is 0 Å². The van der Waals surface area contributed by atoms with Gasteiger partial charge in [-0.25, -0.2) is 0 Å². The summed E-state index contributed by atoms with van der Waals surface area (Å²) < 4.78 is 0. The van der Waals surface area contributed by atoms with E-state index in [2.05, 4.69) is 24.4 Å². The van der Waals surface area contributed by atoms with Gasteiger partial charge in [0.1, 0.15) is 6.04 Å². The molecule has 0 aromatic rings. The molecule has 0 spiro atoms. The van der Waals surface area contributed by atoms with E-state index in [0.29, 0.717) is 13.1 Å². The topological polar surface area (TPSA) is 69.6 Å². The van der Waals surface area contributed by atoms with E-state index in [1.54, 1.807) is 4.90 Å². The lowest BCUT2D eigenvalue weighted by atomic mass is 10.1. The average Bonchev–Trinajstić information content (AvgIpc) is 2.68. The fraction of sp³-hybridized carbons (Fsp3) is 0.826. The van der Waals surface area contributed by atoms with Crippen LogP contribution in [0.1, 0.15) is 96.8 Å². The summed E-state index contributed by atoms with van der Waals surface area (Å²) in [6.45, 7) is 3.38. The Morgan fingerprint density at radius 3 is 2.07 bits per heavy atom. The number of carboxylic acid groups (broad SMARTS) is 1. The quantitative estimate of drug-likeness (QED) is 0.272. The predicted octanol–water partition coefficient (Wildman–Crippen LogP) is 4.91. The summed E-state index contributed by atoms with van der Waals surface area (Å²) in [4.78, 5) is 24.5. The Balaban J connectivity index is 1.88. The number of carbonyl (C=O) groups is 2. The molecule has 5 heteroatoms. The number of unbranched alkanes of at least 4 members (excludes halogenated alkanes) is 12. The van der Waals surface area contributed by atoms with E-state index >= 15 is 0 Å². The first-order valence-corrected chi connectivity index (χ1v) is 11.5. The Labute approximate surface area is 171 Å². The molecular weight excluding hydrogens is 352 g/mol. The molecule has 1 aliphatic heterocycles. The van der Waals surface area contributed by atoms with Crippen LogP contribution in [-0.2, 0) is 9.59 Å². The van der Waals surface area contributed by atoms with Gasteiger partial charge in [-0.1, -0.05) is 76.9 Å². The minimum atomic E-state index is -0.876. The second-order valence-corrected chi connectivity index (χ2v) is 8.05. The fourth-order valence-corrected chi connectivity index (χ4v) is 3.64. The van der Waals surface area contributed by atoms with E-state index in [1.807, 2.05) is 0 Å². The molecule has 0 aromatic carbocycles. The zero-order valence-electron chi connectivity index (χ0n) is 18.0. The number of allylic oxidation sites excluding steroid dienone is 2. The Kier molecular flexibility index (Phi) is 14.6. The summed E-state index contributed by atoms with van der Waals surface area (Å²) in [5.74, 6) is -0.858. The monoisotopic (exact) mass is 394 g/mol. The number of piperazine rings is 1. The highest BCUT2D eigenvalue weighted by Crippen LogP contribution is 2.11. The van der Waals surface area contributed by atoms with Crippen molar-refractivity contribution in [3.63, 3.8) is 0 Å². The van der Waals surface area contributed by atoms with Gasteiger partial charge in [-0.3, -0.25) is 14.9 Å². The lowest BCUT2D eigenvalue weighted by Gasteiger charge is -2.31. The van der Waals surface area contributed by atoms with E-state index in [4.69, 9.17) is 5.11 Å². The van der Waals surface area contributed by atoms with Gasteiger partial charge in [-0.05, 0) is 32.1 Å². The van der Waals surface area contributed by atoms with Crippen molar-refractivity contribution >= 4 is 11.9 Å². The maximum Gasteiger partial charge on any atom is 0.322 e. The van der Waals surface area contributed by atoms with Crippen LogP contribution in [0.15, 0.2) is 12.2 Å². The summed E-state index contributed by atoms with van der Waals surface area (Å²) in [7, 11) is 0. The maximum absolute atomic E-state index is 11.8. The number of carbonyl (C=O) groups excluding carboxylic acids is 1. The van der Waals surface area contributed by atoms with E-state index in [9.17, 15) is 9.59 Å². The van der Waals surface area contributed by atoms with Crippen LogP contribution < -0.4 is 5.32 Å². The molecule has 0 aromatic heterocycles. The van der Waals surface area contributed by atoms with Crippen LogP contribution in [0.4, 0.5) is 0 Å². The number of aliphatic carboxylic acids is 1. The third kappa shape index (κ3) is 12.2. The first-order chi connectivity index (χ1) is 13.6. The number of nitrogens with one attached hydrogen (secondary N) is 1. The van der Waals surface area contributed by atoms with Gasteiger partial charge in [-0.15, -0.1) is 0 Å². The predicted molar refractivity (Wildman–Crippen MR) is 115 cm³/mol. The second kappa shape index (κ2) is 16.6. The van der Waals surface area contributed by atoms with Gasteiger partial charge in [0.15, 0.2) is 0 Å². The zero-order chi connectivity index (χ0) is 20.5. The Hall–Kier alpha value is -1.36. The summed E-state index contributed by atoms with van der Waals surface area (Å²) in [5.41, 5.74) is 0. The molecule has 0 saturated carbocycles. The molecule has 162 valence electrons. The van der Waals surface area contributed by atoms with Crippen molar-refractivity contribution in [2.75, 3.05) is 19.6 Å². The van der Waals surface area contributed by atoms with Crippen LogP contribution in [-0.4, -0.2) is 47.6 Å². The number of amides is 1. The first-order valence-electron chi connectivity index (χ1n) is 11.5. The van der Waals surface area contributed by atoms with Crippen LogP contribution in [0.25, 0.3) is 0 Å². The average molecular weight is 395 g/mol. The van der Waals surface area contributed by atoms with Gasteiger partial charge < -0.3 is 10.0 Å². The number of carboxylic acids is 1. The summed E-state index contributed by atoms with van der Waals surface area (Å²) in [6, 6.07) is -0.619.